The molecule has 18 heavy (non-hydrogen) atoms. The molecule has 0 aliphatic heterocycles. The van der Waals surface area contributed by atoms with Gasteiger partial charge >= 0.3 is 0 Å². The second-order valence-electron chi connectivity index (χ2n) is 3.94. The van der Waals surface area contributed by atoms with Crippen LogP contribution in [0, 0.1) is 0 Å². The molecule has 0 saturated heterocycles. The molecular formula is C12H19NO4S. The third kappa shape index (κ3) is 3.29. The van der Waals surface area contributed by atoms with Gasteiger partial charge in [-0.25, -0.2) is 8.42 Å². The summed E-state index contributed by atoms with van der Waals surface area (Å²) in [7, 11) is -0.321. The molecule has 0 heterocycles. The van der Waals surface area contributed by atoms with Crippen molar-refractivity contribution in [2.24, 2.45) is 0 Å². The molecule has 1 aromatic rings. The van der Waals surface area contributed by atoms with Crippen LogP contribution in [0.5, 0.6) is 11.5 Å². The largest absolute Gasteiger partial charge is 0.493 e. The normalized spacial score (nSPS) is 12.9. The van der Waals surface area contributed by atoms with Gasteiger partial charge in [0, 0.05) is 6.07 Å². The highest BCUT2D eigenvalue weighted by Crippen LogP contribution is 2.30. The van der Waals surface area contributed by atoms with E-state index in [-0.39, 0.29) is 0 Å². The number of hydrogen-bond donors (Lipinski definition) is 1. The summed E-state index contributed by atoms with van der Waals surface area (Å²) in [6.45, 7) is 3.50. The van der Waals surface area contributed by atoms with Crippen molar-refractivity contribution in [1.82, 2.24) is 0 Å². The van der Waals surface area contributed by atoms with Crippen LogP contribution in [-0.2, 0) is 10.0 Å². The van der Waals surface area contributed by atoms with Crippen molar-refractivity contribution in [2.45, 2.75) is 25.5 Å². The maximum absolute atomic E-state index is 11.9. The molecule has 0 aliphatic carbocycles. The van der Waals surface area contributed by atoms with Gasteiger partial charge in [-0.2, -0.15) is 0 Å². The number of anilines is 1. The van der Waals surface area contributed by atoms with Crippen LogP contribution in [0.4, 0.5) is 5.69 Å². The molecule has 0 amide bonds. The molecular weight excluding hydrogens is 254 g/mol. The van der Waals surface area contributed by atoms with Gasteiger partial charge < -0.3 is 9.47 Å². The molecule has 0 spiro atoms. The lowest BCUT2D eigenvalue weighted by atomic mass is 10.3. The first-order chi connectivity index (χ1) is 8.44. The lowest BCUT2D eigenvalue weighted by Gasteiger charge is -2.14. The molecule has 0 unspecified atom stereocenters. The third-order valence-corrected chi connectivity index (χ3v) is 4.66. The van der Waals surface area contributed by atoms with Crippen molar-refractivity contribution in [2.75, 3.05) is 18.9 Å². The van der Waals surface area contributed by atoms with Gasteiger partial charge in [-0.15, -0.1) is 0 Å². The van der Waals surface area contributed by atoms with E-state index in [1.54, 1.807) is 25.1 Å². The quantitative estimate of drug-likeness (QED) is 0.863. The number of ether oxygens (including phenoxy) is 2. The molecule has 5 nitrogen and oxygen atoms in total. The van der Waals surface area contributed by atoms with Crippen molar-refractivity contribution >= 4 is 15.7 Å². The second-order valence-corrected chi connectivity index (χ2v) is 6.03. The van der Waals surface area contributed by atoms with E-state index in [4.69, 9.17) is 9.47 Å². The Labute approximate surface area is 108 Å². The van der Waals surface area contributed by atoms with Crippen molar-refractivity contribution < 1.29 is 17.9 Å². The van der Waals surface area contributed by atoms with Crippen LogP contribution in [0.15, 0.2) is 18.2 Å². The summed E-state index contributed by atoms with van der Waals surface area (Å²) in [4.78, 5) is 0. The van der Waals surface area contributed by atoms with E-state index in [2.05, 4.69) is 4.72 Å². The minimum absolute atomic E-state index is 0.439. The molecule has 0 bridgehead atoms. The zero-order valence-corrected chi connectivity index (χ0v) is 11.9. The Bertz CT molecular complexity index is 499. The van der Waals surface area contributed by atoms with Crippen molar-refractivity contribution in [1.29, 1.82) is 0 Å². The molecule has 102 valence electrons. The van der Waals surface area contributed by atoms with E-state index < -0.39 is 15.3 Å². The molecule has 0 aliphatic rings. The summed E-state index contributed by atoms with van der Waals surface area (Å²) in [6, 6.07) is 4.90. The number of nitrogens with one attached hydrogen (secondary N) is 1. The number of sulfonamides is 1. The topological polar surface area (TPSA) is 64.6 Å². The van der Waals surface area contributed by atoms with Crippen LogP contribution in [-0.4, -0.2) is 27.9 Å². The predicted molar refractivity (Wildman–Crippen MR) is 71.8 cm³/mol. The van der Waals surface area contributed by atoms with Crippen LogP contribution in [0.1, 0.15) is 20.3 Å². The molecule has 0 radical (unpaired) electrons. The Morgan fingerprint density at radius 2 is 1.83 bits per heavy atom. The van der Waals surface area contributed by atoms with Gasteiger partial charge in [0.05, 0.1) is 25.2 Å². The number of rotatable bonds is 6. The predicted octanol–water partition coefficient (Wildman–Crippen LogP) is 2.24. The molecule has 1 aromatic carbocycles. The summed E-state index contributed by atoms with van der Waals surface area (Å²) >= 11 is 0. The van der Waals surface area contributed by atoms with Crippen molar-refractivity contribution in [3.05, 3.63) is 18.2 Å². The van der Waals surface area contributed by atoms with E-state index in [9.17, 15) is 8.42 Å². The molecule has 0 aromatic heterocycles. The van der Waals surface area contributed by atoms with Gasteiger partial charge in [0.15, 0.2) is 11.5 Å². The van der Waals surface area contributed by atoms with Gasteiger partial charge in [-0.05, 0) is 25.5 Å². The van der Waals surface area contributed by atoms with Crippen molar-refractivity contribution in [3.63, 3.8) is 0 Å². The van der Waals surface area contributed by atoms with Gasteiger partial charge in [0.1, 0.15) is 0 Å². The number of hydrogen-bond acceptors (Lipinski definition) is 4. The van der Waals surface area contributed by atoms with E-state index >= 15 is 0 Å². The van der Waals surface area contributed by atoms with Crippen LogP contribution < -0.4 is 14.2 Å². The van der Waals surface area contributed by atoms with Crippen LogP contribution >= 0.6 is 0 Å². The zero-order chi connectivity index (χ0) is 13.8. The Balaban J connectivity index is 2.99. The summed E-state index contributed by atoms with van der Waals surface area (Å²) < 4.78 is 36.5. The lowest BCUT2D eigenvalue weighted by Crippen LogP contribution is -2.24. The highest BCUT2D eigenvalue weighted by atomic mass is 32.2. The Morgan fingerprint density at radius 1 is 1.22 bits per heavy atom. The van der Waals surface area contributed by atoms with E-state index in [1.807, 2.05) is 6.92 Å². The van der Waals surface area contributed by atoms with Gasteiger partial charge in [-0.1, -0.05) is 6.92 Å². The molecule has 0 saturated carbocycles. The van der Waals surface area contributed by atoms with Gasteiger partial charge in [-0.3, -0.25) is 4.72 Å². The first-order valence-corrected chi connectivity index (χ1v) is 7.22. The first-order valence-electron chi connectivity index (χ1n) is 5.68. The Morgan fingerprint density at radius 3 is 2.33 bits per heavy atom. The molecule has 1 atom stereocenters. The maximum atomic E-state index is 11.9. The molecule has 0 fully saturated rings. The zero-order valence-electron chi connectivity index (χ0n) is 11.1. The van der Waals surface area contributed by atoms with E-state index in [1.165, 1.54) is 14.2 Å². The Kier molecular flexibility index (Phi) is 4.84. The third-order valence-electron chi connectivity index (χ3n) is 2.75. The van der Waals surface area contributed by atoms with Gasteiger partial charge in [0.2, 0.25) is 10.0 Å². The molecule has 6 heteroatoms. The fraction of sp³-hybridized carbons (Fsp3) is 0.500. The van der Waals surface area contributed by atoms with Gasteiger partial charge in [0.25, 0.3) is 0 Å². The average molecular weight is 273 g/mol. The monoisotopic (exact) mass is 273 g/mol. The first kappa shape index (κ1) is 14.6. The highest BCUT2D eigenvalue weighted by Gasteiger charge is 2.19. The summed E-state index contributed by atoms with van der Waals surface area (Å²) in [5.74, 6) is 1.05. The van der Waals surface area contributed by atoms with E-state index in [0.29, 0.717) is 23.6 Å². The fourth-order valence-corrected chi connectivity index (χ4v) is 2.48. The standard InChI is InChI=1S/C12H19NO4S/c1-5-9(2)18(14,15)13-10-6-7-11(16-3)12(8-10)17-4/h6-9,13H,5H2,1-4H3/t9-/m1/s1. The summed E-state index contributed by atoms with van der Waals surface area (Å²) in [5, 5.41) is -0.439. The van der Waals surface area contributed by atoms with Crippen molar-refractivity contribution in [3.8, 4) is 11.5 Å². The van der Waals surface area contributed by atoms with Crippen LogP contribution in [0.2, 0.25) is 0 Å². The Hall–Kier alpha value is -1.43. The highest BCUT2D eigenvalue weighted by molar-refractivity contribution is 7.93. The van der Waals surface area contributed by atoms with Crippen LogP contribution in [0.3, 0.4) is 0 Å². The summed E-state index contributed by atoms with van der Waals surface area (Å²) in [5.41, 5.74) is 0.466. The fourth-order valence-electron chi connectivity index (χ4n) is 1.38. The molecule has 1 rings (SSSR count). The SMILES string of the molecule is CC[C@@H](C)S(=O)(=O)Nc1ccc(OC)c(OC)c1. The smallest absolute Gasteiger partial charge is 0.235 e. The average Bonchev–Trinajstić information content (AvgIpc) is 2.36. The second kappa shape index (κ2) is 5.95. The minimum Gasteiger partial charge on any atom is -0.493 e. The minimum atomic E-state index is -3.35. The lowest BCUT2D eigenvalue weighted by molar-refractivity contribution is 0.355. The number of methoxy groups -OCH3 is 2. The summed E-state index contributed by atoms with van der Waals surface area (Å²) in [6.07, 6.45) is 0.558. The number of benzene rings is 1. The van der Waals surface area contributed by atoms with Crippen LogP contribution in [0.25, 0.3) is 0 Å². The van der Waals surface area contributed by atoms with E-state index in [0.717, 1.165) is 0 Å². The molecule has 1 N–H and O–H groups in total. The maximum Gasteiger partial charge on any atom is 0.235 e.